The zero-order chi connectivity index (χ0) is 14.5. The maximum absolute atomic E-state index is 11.9. The van der Waals surface area contributed by atoms with E-state index in [9.17, 15) is 14.7 Å². The molecule has 0 aliphatic heterocycles. The Hall–Kier alpha value is -1.94. The van der Waals surface area contributed by atoms with Crippen LogP contribution in [0.1, 0.15) is 36.0 Å². The number of hydrogen-bond donors (Lipinski definition) is 2. The number of aliphatic hydroxyl groups is 1. The van der Waals surface area contributed by atoms with Crippen molar-refractivity contribution in [2.45, 2.75) is 31.8 Å². The van der Waals surface area contributed by atoms with E-state index in [-0.39, 0.29) is 29.3 Å². The molecular weight excluding hydrogens is 256 g/mol. The maximum atomic E-state index is 11.9. The molecule has 0 spiro atoms. The van der Waals surface area contributed by atoms with Crippen molar-refractivity contribution in [1.29, 1.82) is 0 Å². The number of ketones is 2. The van der Waals surface area contributed by atoms with Gasteiger partial charge in [0.05, 0.1) is 6.10 Å². The summed E-state index contributed by atoms with van der Waals surface area (Å²) in [7, 11) is 0. The smallest absolute Gasteiger partial charge is 0.185 e. The first-order chi connectivity index (χ1) is 9.56. The molecule has 0 bridgehead atoms. The molecule has 0 atom stereocenters. The Balaban J connectivity index is 1.93. The minimum atomic E-state index is -0.290. The fourth-order valence-corrected chi connectivity index (χ4v) is 2.38. The molecule has 106 valence electrons. The number of carbonyl (C=O) groups excluding carboxylic acids is 2. The van der Waals surface area contributed by atoms with Crippen LogP contribution in [-0.2, 0) is 4.79 Å². The Morgan fingerprint density at radius 3 is 2.20 bits per heavy atom. The highest BCUT2D eigenvalue weighted by Crippen LogP contribution is 2.25. The molecular formula is C16H18O4. The number of benzene rings is 1. The molecule has 4 heteroatoms. The first-order valence-corrected chi connectivity index (χ1v) is 6.79. The summed E-state index contributed by atoms with van der Waals surface area (Å²) < 4.78 is 0. The molecule has 1 saturated carbocycles. The van der Waals surface area contributed by atoms with Crippen LogP contribution in [0.5, 0.6) is 5.75 Å². The standard InChI is InChI=1S/C16H18O4/c17-13-5-1-11(2-6-13)15(19)9-10-16(20)12-3-7-14(18)8-4-12/h1-2,5-6,9-10,12,14,17-18H,3-4,7-8H2/b10-9-. The third-order valence-corrected chi connectivity index (χ3v) is 3.65. The van der Waals surface area contributed by atoms with Crippen molar-refractivity contribution in [1.82, 2.24) is 0 Å². The van der Waals surface area contributed by atoms with E-state index < -0.39 is 0 Å². The zero-order valence-corrected chi connectivity index (χ0v) is 11.2. The van der Waals surface area contributed by atoms with Crippen molar-refractivity contribution in [2.75, 3.05) is 0 Å². The van der Waals surface area contributed by atoms with Gasteiger partial charge in [-0.05, 0) is 62.1 Å². The van der Waals surface area contributed by atoms with E-state index in [1.165, 1.54) is 36.4 Å². The second kappa shape index (κ2) is 6.48. The number of carbonyl (C=O) groups is 2. The third-order valence-electron chi connectivity index (χ3n) is 3.65. The Bertz CT molecular complexity index is 508. The van der Waals surface area contributed by atoms with Crippen molar-refractivity contribution < 1.29 is 19.8 Å². The third kappa shape index (κ3) is 3.78. The van der Waals surface area contributed by atoms with Gasteiger partial charge in [-0.15, -0.1) is 0 Å². The Kier molecular flexibility index (Phi) is 4.69. The monoisotopic (exact) mass is 274 g/mol. The van der Waals surface area contributed by atoms with E-state index in [0.717, 1.165) is 0 Å². The lowest BCUT2D eigenvalue weighted by Gasteiger charge is -2.23. The van der Waals surface area contributed by atoms with E-state index in [0.29, 0.717) is 31.2 Å². The Morgan fingerprint density at radius 1 is 1.00 bits per heavy atom. The van der Waals surface area contributed by atoms with Gasteiger partial charge < -0.3 is 10.2 Å². The van der Waals surface area contributed by atoms with Crippen LogP contribution in [0.4, 0.5) is 0 Å². The van der Waals surface area contributed by atoms with Crippen LogP contribution in [0.25, 0.3) is 0 Å². The maximum Gasteiger partial charge on any atom is 0.185 e. The fraction of sp³-hybridized carbons (Fsp3) is 0.375. The van der Waals surface area contributed by atoms with Crippen LogP contribution < -0.4 is 0 Å². The van der Waals surface area contributed by atoms with E-state index in [4.69, 9.17) is 5.11 Å². The molecule has 1 aliphatic rings. The van der Waals surface area contributed by atoms with Gasteiger partial charge in [0.1, 0.15) is 5.75 Å². The highest BCUT2D eigenvalue weighted by molar-refractivity contribution is 6.08. The predicted octanol–water partition coefficient (Wildman–Crippen LogP) is 2.25. The molecule has 0 heterocycles. The normalized spacial score (nSPS) is 22.9. The van der Waals surface area contributed by atoms with Crippen molar-refractivity contribution >= 4 is 11.6 Å². The topological polar surface area (TPSA) is 74.6 Å². The number of aromatic hydroxyl groups is 1. The number of allylic oxidation sites excluding steroid dienone is 2. The molecule has 0 amide bonds. The van der Waals surface area contributed by atoms with Crippen LogP contribution in [0.15, 0.2) is 36.4 Å². The van der Waals surface area contributed by atoms with Gasteiger partial charge >= 0.3 is 0 Å². The zero-order valence-electron chi connectivity index (χ0n) is 11.2. The molecule has 2 N–H and O–H groups in total. The largest absolute Gasteiger partial charge is 0.508 e. The Morgan fingerprint density at radius 2 is 1.60 bits per heavy atom. The molecule has 20 heavy (non-hydrogen) atoms. The lowest BCUT2D eigenvalue weighted by Crippen LogP contribution is -2.23. The first-order valence-electron chi connectivity index (χ1n) is 6.79. The van der Waals surface area contributed by atoms with Gasteiger partial charge in [-0.25, -0.2) is 0 Å². The molecule has 2 rings (SSSR count). The van der Waals surface area contributed by atoms with Gasteiger partial charge in [0, 0.05) is 11.5 Å². The van der Waals surface area contributed by atoms with Crippen molar-refractivity contribution in [3.8, 4) is 5.75 Å². The van der Waals surface area contributed by atoms with Crippen LogP contribution in [0, 0.1) is 5.92 Å². The molecule has 1 aromatic rings. The predicted molar refractivity (Wildman–Crippen MR) is 74.5 cm³/mol. The summed E-state index contributed by atoms with van der Waals surface area (Å²) in [5, 5.41) is 18.5. The molecule has 0 saturated heterocycles. The number of phenols is 1. The minimum Gasteiger partial charge on any atom is -0.508 e. The average molecular weight is 274 g/mol. The molecule has 4 nitrogen and oxygen atoms in total. The molecule has 0 radical (unpaired) electrons. The van der Waals surface area contributed by atoms with Crippen LogP contribution in [-0.4, -0.2) is 27.9 Å². The molecule has 1 fully saturated rings. The minimum absolute atomic E-state index is 0.0518. The second-order valence-electron chi connectivity index (χ2n) is 5.15. The van der Waals surface area contributed by atoms with Crippen molar-refractivity contribution in [3.05, 3.63) is 42.0 Å². The number of rotatable bonds is 4. The summed E-state index contributed by atoms with van der Waals surface area (Å²) in [5.41, 5.74) is 0.436. The van der Waals surface area contributed by atoms with E-state index >= 15 is 0 Å². The summed E-state index contributed by atoms with van der Waals surface area (Å²) >= 11 is 0. The van der Waals surface area contributed by atoms with Gasteiger partial charge in [-0.2, -0.15) is 0 Å². The fourth-order valence-electron chi connectivity index (χ4n) is 2.38. The molecule has 0 aromatic heterocycles. The van der Waals surface area contributed by atoms with Gasteiger partial charge in [-0.1, -0.05) is 0 Å². The van der Waals surface area contributed by atoms with E-state index in [1.807, 2.05) is 0 Å². The summed E-state index contributed by atoms with van der Waals surface area (Å²) in [6, 6.07) is 5.91. The van der Waals surface area contributed by atoms with Crippen molar-refractivity contribution in [3.63, 3.8) is 0 Å². The van der Waals surface area contributed by atoms with E-state index in [2.05, 4.69) is 0 Å². The molecule has 0 unspecified atom stereocenters. The van der Waals surface area contributed by atoms with Gasteiger partial charge in [-0.3, -0.25) is 9.59 Å². The summed E-state index contributed by atoms with van der Waals surface area (Å²) in [6.07, 6.45) is 4.97. The van der Waals surface area contributed by atoms with Crippen LogP contribution in [0.2, 0.25) is 0 Å². The summed E-state index contributed by atoms with van der Waals surface area (Å²) in [4.78, 5) is 23.8. The van der Waals surface area contributed by atoms with Crippen LogP contribution in [0.3, 0.4) is 0 Å². The number of phenolic OH excluding ortho intramolecular Hbond substituents is 1. The highest BCUT2D eigenvalue weighted by Gasteiger charge is 2.23. The SMILES string of the molecule is O=C(/C=C\C(=O)C1CCC(O)CC1)c1ccc(O)cc1. The van der Waals surface area contributed by atoms with E-state index in [1.54, 1.807) is 0 Å². The molecule has 1 aromatic carbocycles. The van der Waals surface area contributed by atoms with Crippen molar-refractivity contribution in [2.24, 2.45) is 5.92 Å². The lowest BCUT2D eigenvalue weighted by atomic mass is 9.84. The van der Waals surface area contributed by atoms with Gasteiger partial charge in [0.15, 0.2) is 11.6 Å². The molecule has 1 aliphatic carbocycles. The second-order valence-corrected chi connectivity index (χ2v) is 5.15. The quantitative estimate of drug-likeness (QED) is 0.652. The number of hydrogen-bond acceptors (Lipinski definition) is 4. The Labute approximate surface area is 117 Å². The summed E-state index contributed by atoms with van der Waals surface area (Å²) in [5.74, 6) is -0.289. The lowest BCUT2D eigenvalue weighted by molar-refractivity contribution is -0.119. The number of aliphatic hydroxyl groups excluding tert-OH is 1. The first kappa shape index (κ1) is 14.5. The van der Waals surface area contributed by atoms with Gasteiger partial charge in [0.25, 0.3) is 0 Å². The summed E-state index contributed by atoms with van der Waals surface area (Å²) in [6.45, 7) is 0. The average Bonchev–Trinajstić information content (AvgIpc) is 2.46. The van der Waals surface area contributed by atoms with Crippen LogP contribution >= 0.6 is 0 Å². The van der Waals surface area contributed by atoms with Gasteiger partial charge in [0.2, 0.25) is 0 Å². The highest BCUT2D eigenvalue weighted by atomic mass is 16.3.